The number of aryl methyl sites for hydroxylation is 4. The minimum atomic E-state index is -0.966. The van der Waals surface area contributed by atoms with Crippen molar-refractivity contribution >= 4 is 105 Å². The number of anilines is 4. The number of hydrogen-bond donors (Lipinski definition) is 21. The molecule has 0 spiro atoms. The van der Waals surface area contributed by atoms with E-state index in [0.29, 0.717) is 29.5 Å². The first-order chi connectivity index (χ1) is 55.6. The number of hydrogen-bond acceptors (Lipinski definition) is 33. The van der Waals surface area contributed by atoms with Gasteiger partial charge >= 0.3 is 0 Å². The average Bonchev–Trinajstić information content (AvgIpc) is 1.60. The Balaban J connectivity index is 0.00000146. The molecule has 3 heterocycles. The SMILES string of the molecule is CCCCCc1ccc(O)cc1.CCCCCc1ccc(OCC(O)COCC(O)CO)cc1.CCO.CSC(=N)NC(=O)c1nc(Cl)c(N)nc1N.I.NC(=NCCCCc1ccc(OCC(O)COCC(O)CO)cc1)NC(=O)c1nc(Cl)c(N)nc1N.NCCCCc1ccc(OCC(O)COCC(O)CO)cc1.OCC1CO1. The number of aliphatic hydroxyl groups is 11. The first kappa shape index (κ1) is 110. The van der Waals surface area contributed by atoms with Crippen LogP contribution in [0.25, 0.3) is 0 Å². The van der Waals surface area contributed by atoms with Crippen molar-refractivity contribution < 1.29 is 104 Å². The van der Waals surface area contributed by atoms with E-state index in [0.717, 1.165) is 81.8 Å². The molecular weight excluding hydrogens is 1700 g/mol. The summed E-state index contributed by atoms with van der Waals surface area (Å²) in [4.78, 5) is 42.8. The first-order valence-electron chi connectivity index (χ1n) is 38.0. The number of thioether (sulfide) groups is 1. The van der Waals surface area contributed by atoms with E-state index in [1.807, 2.05) is 84.9 Å². The molecule has 7 unspecified atom stereocenters. The van der Waals surface area contributed by atoms with Crippen LogP contribution in [0.1, 0.15) is 128 Å². The number of carbonyl (C=O) groups excluding carboxylic acids is 2. The van der Waals surface area contributed by atoms with Gasteiger partial charge in [0.05, 0.1) is 72.7 Å². The number of aromatic nitrogens is 4. The number of nitrogen functional groups attached to an aromatic ring is 4. The largest absolute Gasteiger partial charge is 0.508 e. The highest BCUT2D eigenvalue weighted by Crippen LogP contribution is 2.21. The van der Waals surface area contributed by atoms with Gasteiger partial charge in [0, 0.05) is 13.2 Å². The van der Waals surface area contributed by atoms with E-state index in [-0.39, 0.29) is 172 Å². The molecule has 2 amide bonds. The van der Waals surface area contributed by atoms with Gasteiger partial charge < -0.3 is 134 Å². The fourth-order valence-corrected chi connectivity index (χ4v) is 9.36. The number of aromatic hydroxyl groups is 1. The molecule has 39 heteroatoms. The van der Waals surface area contributed by atoms with Crippen molar-refractivity contribution in [2.75, 3.05) is 141 Å². The van der Waals surface area contributed by atoms with Gasteiger partial charge in [-0.05, 0) is 155 Å². The molecule has 4 aromatic carbocycles. The molecule has 35 nitrogen and oxygen atoms in total. The number of benzene rings is 4. The number of aliphatic hydroxyl groups excluding tert-OH is 11. The fraction of sp³-hybridized carbons (Fsp3) is 0.538. The van der Waals surface area contributed by atoms with Crippen molar-refractivity contribution in [3.8, 4) is 23.0 Å². The molecule has 2 aromatic heterocycles. The third-order valence-electron chi connectivity index (χ3n) is 15.3. The zero-order chi connectivity index (χ0) is 86.4. The van der Waals surface area contributed by atoms with E-state index in [1.165, 1.54) is 55.2 Å². The Morgan fingerprint density at radius 1 is 0.513 bits per heavy atom. The summed E-state index contributed by atoms with van der Waals surface area (Å²) >= 11 is 12.4. The first-order valence-corrected chi connectivity index (χ1v) is 39.9. The van der Waals surface area contributed by atoms with Crippen molar-refractivity contribution in [1.29, 1.82) is 5.41 Å². The maximum absolute atomic E-state index is 12.2. The molecule has 660 valence electrons. The number of carbonyl (C=O) groups is 2. The second kappa shape index (κ2) is 68.3. The number of aliphatic imine (C=N–C) groups is 1. The van der Waals surface area contributed by atoms with Crippen LogP contribution in [-0.2, 0) is 44.6 Å². The molecule has 0 aliphatic carbocycles. The highest BCUT2D eigenvalue weighted by Gasteiger charge is 2.21. The van der Waals surface area contributed by atoms with Crippen LogP contribution in [0, 0.1) is 5.41 Å². The predicted octanol–water partition coefficient (Wildman–Crippen LogP) is 4.52. The van der Waals surface area contributed by atoms with Gasteiger partial charge in [0.15, 0.2) is 56.1 Å². The molecule has 1 saturated heterocycles. The number of amides is 2. The minimum absolute atomic E-state index is 0. The average molecular weight is 1820 g/mol. The van der Waals surface area contributed by atoms with Gasteiger partial charge in [-0.25, -0.2) is 19.9 Å². The number of halogens is 3. The second-order valence-electron chi connectivity index (χ2n) is 25.7. The van der Waals surface area contributed by atoms with Crippen LogP contribution in [-0.4, -0.2) is 265 Å². The lowest BCUT2D eigenvalue weighted by molar-refractivity contribution is -0.0337. The minimum Gasteiger partial charge on any atom is -0.508 e. The standard InChI is InChI=1S/C22H32ClN7O6.C17H28O5.C16H27NO5.C11H16O.C7H9ClN6OS.C3H6O2.C2H6O.HI/c23-18-20(25)29-19(24)17(28-18)21(34)30-22(26)27-8-2-1-3-13-4-6-16(7-5-13)36-12-15(33)11-35-10-14(32)9-31;1-2-3-4-5-14-6-8-17(9-7-14)22-13-16(20)12-21-11-15(19)10-18;17-8-2-1-3-13-4-6-16(7-5-13)22-12-15(20)11-21-10-14(19)9-18;1-2-3-4-5-10-6-8-11(12)9-7-10;1-16-7(11)14-6(15)2-4(9)13-5(10)3(8)12-2;4-1-3-2-5-3;1-2-3;/h4-7,14-15,31-33H,1-3,8-12H2,(H4,24,25,29)(H3,26,27,30,34);6-9,15-16,18-20H,2-5,10-13H2,1H3;4-7,14-15,18-20H,1-3,8-12,17H2;6-9,12H,2-5H2,1H3;1H3,(H4,9,10,13)(H2,11,14,15);3-4H,1-2H2;3H,2H2,1H3;1H. The third-order valence-corrected chi connectivity index (χ3v) is 16.3. The van der Waals surface area contributed by atoms with Gasteiger partial charge in [-0.2, -0.15) is 0 Å². The molecule has 6 aromatic rings. The van der Waals surface area contributed by atoms with E-state index in [2.05, 4.69) is 54.1 Å². The number of nitrogens with two attached hydrogens (primary N) is 6. The molecule has 7 atom stereocenters. The monoisotopic (exact) mass is 1820 g/mol. The van der Waals surface area contributed by atoms with Crippen molar-refractivity contribution in [2.45, 2.75) is 153 Å². The smallest absolute Gasteiger partial charge is 0.280 e. The number of nitrogens with one attached hydrogen (secondary N) is 3. The molecule has 0 radical (unpaired) electrons. The van der Waals surface area contributed by atoms with Gasteiger partial charge in [-0.1, -0.05) is 123 Å². The van der Waals surface area contributed by atoms with Crippen LogP contribution >= 0.6 is 58.9 Å². The van der Waals surface area contributed by atoms with Crippen LogP contribution < -0.4 is 59.2 Å². The fourth-order valence-electron chi connectivity index (χ4n) is 8.91. The quantitative estimate of drug-likeness (QED) is 0.00822. The van der Waals surface area contributed by atoms with Crippen molar-refractivity contribution in [1.82, 2.24) is 30.6 Å². The molecule has 117 heavy (non-hydrogen) atoms. The van der Waals surface area contributed by atoms with Gasteiger partial charge in [-0.15, -0.1) is 24.0 Å². The number of rotatable bonds is 44. The summed E-state index contributed by atoms with van der Waals surface area (Å²) in [5, 5.41) is 119. The molecule has 0 saturated carbocycles. The van der Waals surface area contributed by atoms with Gasteiger partial charge in [0.25, 0.3) is 11.8 Å². The number of ether oxygens (including phenoxy) is 7. The number of amidine groups is 1. The Labute approximate surface area is 716 Å². The molecular formula is C78H125Cl2IN14O21S. The van der Waals surface area contributed by atoms with Gasteiger partial charge in [0.1, 0.15) is 85.5 Å². The van der Waals surface area contributed by atoms with Crippen molar-refractivity contribution in [2.24, 2.45) is 16.5 Å². The number of unbranched alkanes of at least 4 members (excludes halogenated alkanes) is 6. The second-order valence-corrected chi connectivity index (χ2v) is 27.2. The molecule has 1 aliphatic heterocycles. The number of phenols is 1. The molecule has 1 aliphatic rings. The van der Waals surface area contributed by atoms with Crippen molar-refractivity contribution in [3.63, 3.8) is 0 Å². The highest BCUT2D eigenvalue weighted by molar-refractivity contribution is 14.0. The Hall–Kier alpha value is -7.46. The Kier molecular flexibility index (Phi) is 64.0. The molecule has 27 N–H and O–H groups in total. The maximum atomic E-state index is 12.2. The van der Waals surface area contributed by atoms with E-state index in [1.54, 1.807) is 25.3 Å². The van der Waals surface area contributed by atoms with E-state index in [9.17, 15) is 30.0 Å². The highest BCUT2D eigenvalue weighted by atomic mass is 127. The zero-order valence-electron chi connectivity index (χ0n) is 67.0. The number of nitrogens with zero attached hydrogens (tertiary/aromatic N) is 5. The van der Waals surface area contributed by atoms with Crippen LogP contribution in [0.15, 0.2) is 102 Å². The summed E-state index contributed by atoms with van der Waals surface area (Å²) in [6.45, 7) is 7.62. The summed E-state index contributed by atoms with van der Waals surface area (Å²) in [6.07, 6.45) is 11.8. The summed E-state index contributed by atoms with van der Waals surface area (Å²) < 4.78 is 36.3. The zero-order valence-corrected chi connectivity index (χ0v) is 71.7. The summed E-state index contributed by atoms with van der Waals surface area (Å²) in [6, 6.07) is 30.6. The lowest BCUT2D eigenvalue weighted by Gasteiger charge is -2.14. The Morgan fingerprint density at radius 2 is 0.829 bits per heavy atom. The lowest BCUT2D eigenvalue weighted by Crippen LogP contribution is -2.38. The number of epoxide rings is 1. The molecule has 1 fully saturated rings. The van der Waals surface area contributed by atoms with Crippen LogP contribution in [0.3, 0.4) is 0 Å². The summed E-state index contributed by atoms with van der Waals surface area (Å²) in [7, 11) is 0. The van der Waals surface area contributed by atoms with Crippen LogP contribution in [0.4, 0.5) is 23.3 Å². The van der Waals surface area contributed by atoms with E-state index in [4.69, 9.17) is 132 Å². The van der Waals surface area contributed by atoms with Crippen LogP contribution in [0.2, 0.25) is 10.3 Å². The third kappa shape index (κ3) is 55.1. The van der Waals surface area contributed by atoms with Gasteiger partial charge in [0.2, 0.25) is 0 Å². The Bertz CT molecular complexity index is 3510. The Morgan fingerprint density at radius 3 is 1.13 bits per heavy atom. The molecule has 0 bridgehead atoms. The number of guanidine groups is 1. The maximum Gasteiger partial charge on any atom is 0.280 e. The topological polar surface area (TPSA) is 613 Å². The normalized spacial score (nSPS) is 13.3. The summed E-state index contributed by atoms with van der Waals surface area (Å²) in [5.74, 6) is 0.536. The van der Waals surface area contributed by atoms with Gasteiger partial charge in [-0.3, -0.25) is 25.3 Å². The van der Waals surface area contributed by atoms with Crippen LogP contribution in [0.5, 0.6) is 23.0 Å². The predicted molar refractivity (Wildman–Crippen MR) is 464 cm³/mol. The number of phenolic OH excluding ortho intramolecular Hbond substituents is 1. The van der Waals surface area contributed by atoms with Crippen molar-refractivity contribution in [3.05, 3.63) is 141 Å². The van der Waals surface area contributed by atoms with E-state index >= 15 is 0 Å². The summed E-state index contributed by atoms with van der Waals surface area (Å²) in [5.41, 5.74) is 37.8. The lowest BCUT2D eigenvalue weighted by atomic mass is 10.1. The molecule has 7 rings (SSSR count). The van der Waals surface area contributed by atoms with E-state index < -0.39 is 55.0 Å².